The highest BCUT2D eigenvalue weighted by Gasteiger charge is 2.46. The van der Waals surface area contributed by atoms with Crippen molar-refractivity contribution < 1.29 is 14.6 Å². The van der Waals surface area contributed by atoms with Crippen molar-refractivity contribution in [1.82, 2.24) is 15.0 Å². The zero-order valence-electron chi connectivity index (χ0n) is 20.6. The maximum atomic E-state index is 9.95. The number of rotatable bonds is 6. The molecule has 0 amide bonds. The summed E-state index contributed by atoms with van der Waals surface area (Å²) in [6.07, 6.45) is 6.44. The number of benzene rings is 1. The molecule has 1 spiro atoms. The fourth-order valence-corrected chi connectivity index (χ4v) is 5.92. The summed E-state index contributed by atoms with van der Waals surface area (Å²) in [5, 5.41) is 13.9. The Bertz CT molecular complexity index is 1300. The van der Waals surface area contributed by atoms with Crippen LogP contribution in [0.5, 0.6) is 5.75 Å². The number of aliphatic hydroxyl groups excluding tert-OH is 1. The second kappa shape index (κ2) is 8.87. The molecule has 1 aromatic carbocycles. The Labute approximate surface area is 215 Å². The second-order valence-electron chi connectivity index (χ2n) is 10.5. The van der Waals surface area contributed by atoms with E-state index in [1.165, 1.54) is 0 Å². The quantitative estimate of drug-likeness (QED) is 0.508. The molecule has 2 aromatic heterocycles. The highest BCUT2D eigenvalue weighted by atomic mass is 35.5. The van der Waals surface area contributed by atoms with Gasteiger partial charge in [0.2, 0.25) is 5.95 Å². The van der Waals surface area contributed by atoms with Crippen molar-refractivity contribution in [2.45, 2.75) is 31.6 Å². The number of hydrogen-bond acceptors (Lipinski definition) is 8. The normalized spacial score (nSPS) is 21.9. The van der Waals surface area contributed by atoms with Crippen molar-refractivity contribution in [3.05, 3.63) is 52.9 Å². The number of nitrogens with one attached hydrogen (secondary N) is 1. The van der Waals surface area contributed by atoms with Crippen molar-refractivity contribution in [3.63, 3.8) is 0 Å². The van der Waals surface area contributed by atoms with Crippen LogP contribution in [0, 0.1) is 5.41 Å². The van der Waals surface area contributed by atoms with E-state index in [9.17, 15) is 5.11 Å². The lowest BCUT2D eigenvalue weighted by atomic mass is 9.79. The zero-order chi connectivity index (χ0) is 24.9. The number of fused-ring (bicyclic) bond motifs is 1. The van der Waals surface area contributed by atoms with Crippen LogP contribution in [0.4, 0.5) is 17.3 Å². The lowest BCUT2D eigenvalue weighted by Gasteiger charge is -2.49. The molecule has 0 saturated carbocycles. The third kappa shape index (κ3) is 3.97. The Morgan fingerprint density at radius 2 is 2.08 bits per heavy atom. The largest absolute Gasteiger partial charge is 0.494 e. The van der Waals surface area contributed by atoms with Gasteiger partial charge in [-0.3, -0.25) is 4.98 Å². The van der Waals surface area contributed by atoms with Gasteiger partial charge in [-0.1, -0.05) is 18.5 Å². The SMILES string of the molecule is COc1cc(N2CC3(CCOC3)C2)c(Cl)cc1Nc1nccc(-c2cnc3c(c2)C(C)(CO)CC3)n1. The van der Waals surface area contributed by atoms with Gasteiger partial charge >= 0.3 is 0 Å². The van der Waals surface area contributed by atoms with Crippen LogP contribution in [0.15, 0.2) is 36.7 Å². The highest BCUT2D eigenvalue weighted by molar-refractivity contribution is 6.33. The van der Waals surface area contributed by atoms with Crippen molar-refractivity contribution in [2.75, 3.05) is 50.2 Å². The molecule has 3 aromatic rings. The van der Waals surface area contributed by atoms with Gasteiger partial charge in [0, 0.05) is 60.2 Å². The average molecular weight is 508 g/mol. The van der Waals surface area contributed by atoms with E-state index < -0.39 is 0 Å². The Morgan fingerprint density at radius 1 is 1.22 bits per heavy atom. The Balaban J connectivity index is 1.25. The van der Waals surface area contributed by atoms with Gasteiger partial charge < -0.3 is 24.8 Å². The van der Waals surface area contributed by atoms with E-state index in [0.29, 0.717) is 22.4 Å². The first-order chi connectivity index (χ1) is 17.4. The topological polar surface area (TPSA) is 92.6 Å². The number of halogens is 1. The lowest BCUT2D eigenvalue weighted by Crippen LogP contribution is -2.57. The number of aliphatic hydroxyl groups is 1. The predicted octanol–water partition coefficient (Wildman–Crippen LogP) is 4.37. The molecule has 1 atom stereocenters. The molecule has 188 valence electrons. The highest BCUT2D eigenvalue weighted by Crippen LogP contribution is 2.46. The summed E-state index contributed by atoms with van der Waals surface area (Å²) in [5.74, 6) is 1.11. The molecule has 0 bridgehead atoms. The molecule has 2 saturated heterocycles. The first kappa shape index (κ1) is 23.5. The van der Waals surface area contributed by atoms with E-state index >= 15 is 0 Å². The maximum Gasteiger partial charge on any atom is 0.227 e. The van der Waals surface area contributed by atoms with Crippen molar-refractivity contribution in [3.8, 4) is 17.0 Å². The summed E-state index contributed by atoms with van der Waals surface area (Å²) in [4.78, 5) is 16.1. The number of hydrogen-bond donors (Lipinski definition) is 2. The fourth-order valence-electron chi connectivity index (χ4n) is 5.63. The first-order valence-electron chi connectivity index (χ1n) is 12.3. The van der Waals surface area contributed by atoms with Crippen LogP contribution >= 0.6 is 11.6 Å². The van der Waals surface area contributed by atoms with Crippen molar-refractivity contribution >= 4 is 28.9 Å². The summed E-state index contributed by atoms with van der Waals surface area (Å²) in [6.45, 7) is 5.73. The number of pyridine rings is 1. The number of methoxy groups -OCH3 is 1. The Hall–Kier alpha value is -2.94. The van der Waals surface area contributed by atoms with E-state index in [2.05, 4.69) is 33.2 Å². The molecule has 1 unspecified atom stereocenters. The van der Waals surface area contributed by atoms with Gasteiger partial charge in [0.05, 0.1) is 42.4 Å². The first-order valence-corrected chi connectivity index (χ1v) is 12.7. The summed E-state index contributed by atoms with van der Waals surface area (Å²) >= 11 is 6.71. The van der Waals surface area contributed by atoms with Crippen molar-refractivity contribution in [1.29, 1.82) is 0 Å². The lowest BCUT2D eigenvalue weighted by molar-refractivity contribution is 0.131. The van der Waals surface area contributed by atoms with Gasteiger partial charge in [0.15, 0.2) is 0 Å². The number of nitrogens with zero attached hydrogens (tertiary/aromatic N) is 4. The van der Waals surface area contributed by atoms with Gasteiger partial charge in [-0.05, 0) is 43.0 Å². The molecule has 6 rings (SSSR count). The van der Waals surface area contributed by atoms with Crippen LogP contribution < -0.4 is 15.0 Å². The van der Waals surface area contributed by atoms with Crippen LogP contribution in [0.1, 0.15) is 31.0 Å². The molecular weight excluding hydrogens is 478 g/mol. The zero-order valence-corrected chi connectivity index (χ0v) is 21.3. The smallest absolute Gasteiger partial charge is 0.227 e. The average Bonchev–Trinajstić information content (AvgIpc) is 3.49. The molecule has 4 heterocycles. The monoisotopic (exact) mass is 507 g/mol. The minimum Gasteiger partial charge on any atom is -0.494 e. The predicted molar refractivity (Wildman–Crippen MR) is 139 cm³/mol. The number of ether oxygens (including phenoxy) is 2. The van der Waals surface area contributed by atoms with Gasteiger partial charge in [-0.15, -0.1) is 0 Å². The molecule has 1 aliphatic carbocycles. The van der Waals surface area contributed by atoms with E-state index in [1.54, 1.807) is 13.3 Å². The van der Waals surface area contributed by atoms with Crippen LogP contribution in [0.3, 0.4) is 0 Å². The minimum atomic E-state index is -0.265. The maximum absolute atomic E-state index is 9.95. The third-order valence-corrected chi connectivity index (χ3v) is 8.23. The molecule has 0 radical (unpaired) electrons. The van der Waals surface area contributed by atoms with Gasteiger partial charge in [0.1, 0.15) is 5.75 Å². The van der Waals surface area contributed by atoms with E-state index in [4.69, 9.17) is 26.1 Å². The minimum absolute atomic E-state index is 0.102. The molecule has 2 aliphatic heterocycles. The molecule has 36 heavy (non-hydrogen) atoms. The fraction of sp³-hybridized carbons (Fsp3) is 0.444. The van der Waals surface area contributed by atoms with E-state index in [0.717, 1.165) is 73.8 Å². The standard InChI is InChI=1S/C27H30ClN5O3/c1-26(15-34)5-3-21-18(26)9-17(12-30-21)20-4-7-29-25(31-20)32-22-10-19(28)23(11-24(22)35-2)33-13-27(14-33)6-8-36-16-27/h4,7,9-12,34H,3,5-6,8,13-16H2,1-2H3,(H,29,31,32). The van der Waals surface area contributed by atoms with E-state index in [1.807, 2.05) is 24.4 Å². The Kier molecular flexibility index (Phi) is 5.78. The molecule has 3 aliphatic rings. The van der Waals surface area contributed by atoms with Crippen LogP contribution in [-0.4, -0.2) is 60.1 Å². The number of anilines is 3. The summed E-state index contributed by atoms with van der Waals surface area (Å²) in [5.41, 5.74) is 5.45. The van der Waals surface area contributed by atoms with Gasteiger partial charge in [-0.2, -0.15) is 0 Å². The molecule has 8 nitrogen and oxygen atoms in total. The number of aromatic nitrogens is 3. The summed E-state index contributed by atoms with van der Waals surface area (Å²) < 4.78 is 11.3. The third-order valence-electron chi connectivity index (χ3n) is 7.93. The Morgan fingerprint density at radius 3 is 2.83 bits per heavy atom. The second-order valence-corrected chi connectivity index (χ2v) is 10.9. The van der Waals surface area contributed by atoms with Gasteiger partial charge in [0.25, 0.3) is 0 Å². The van der Waals surface area contributed by atoms with Crippen LogP contribution in [0.25, 0.3) is 11.3 Å². The van der Waals surface area contributed by atoms with Gasteiger partial charge in [-0.25, -0.2) is 9.97 Å². The summed E-state index contributed by atoms with van der Waals surface area (Å²) in [6, 6.07) is 7.79. The molecule has 2 fully saturated rings. The van der Waals surface area contributed by atoms with Crippen LogP contribution in [-0.2, 0) is 16.6 Å². The number of aryl methyl sites for hydroxylation is 1. The molecule has 9 heteroatoms. The summed E-state index contributed by atoms with van der Waals surface area (Å²) in [7, 11) is 1.65. The molecular formula is C27H30ClN5O3. The molecule has 2 N–H and O–H groups in total. The van der Waals surface area contributed by atoms with Crippen molar-refractivity contribution in [2.24, 2.45) is 5.41 Å². The van der Waals surface area contributed by atoms with Crippen LogP contribution in [0.2, 0.25) is 5.02 Å². The van der Waals surface area contributed by atoms with E-state index in [-0.39, 0.29) is 17.4 Å².